The highest BCUT2D eigenvalue weighted by Gasteiger charge is 2.11. The van der Waals surface area contributed by atoms with Gasteiger partial charge in [-0.1, -0.05) is 13.0 Å². The summed E-state index contributed by atoms with van der Waals surface area (Å²) in [6.45, 7) is 2.75. The SMILES string of the molecule is CC(CCO)CNC(=O)c1cccc2[nH]ccc12. The summed E-state index contributed by atoms with van der Waals surface area (Å²) < 4.78 is 0. The van der Waals surface area contributed by atoms with Gasteiger partial charge in [0, 0.05) is 35.8 Å². The van der Waals surface area contributed by atoms with Gasteiger partial charge in [0.25, 0.3) is 5.91 Å². The molecule has 2 rings (SSSR count). The maximum Gasteiger partial charge on any atom is 0.251 e. The molecule has 1 aromatic carbocycles. The lowest BCUT2D eigenvalue weighted by molar-refractivity contribution is 0.0947. The molecule has 0 aliphatic carbocycles. The van der Waals surface area contributed by atoms with E-state index in [1.165, 1.54) is 0 Å². The van der Waals surface area contributed by atoms with Crippen molar-refractivity contribution in [2.45, 2.75) is 13.3 Å². The molecule has 18 heavy (non-hydrogen) atoms. The van der Waals surface area contributed by atoms with Crippen LogP contribution in [0.4, 0.5) is 0 Å². The van der Waals surface area contributed by atoms with Crippen molar-refractivity contribution >= 4 is 16.8 Å². The summed E-state index contributed by atoms with van der Waals surface area (Å²) >= 11 is 0. The monoisotopic (exact) mass is 246 g/mol. The number of carbonyl (C=O) groups excluding carboxylic acids is 1. The maximum absolute atomic E-state index is 12.1. The summed E-state index contributed by atoms with van der Waals surface area (Å²) in [4.78, 5) is 15.2. The van der Waals surface area contributed by atoms with Gasteiger partial charge in [0.1, 0.15) is 0 Å². The van der Waals surface area contributed by atoms with Crippen LogP contribution in [-0.4, -0.2) is 29.1 Å². The van der Waals surface area contributed by atoms with Crippen molar-refractivity contribution < 1.29 is 9.90 Å². The van der Waals surface area contributed by atoms with Gasteiger partial charge in [-0.2, -0.15) is 0 Å². The van der Waals surface area contributed by atoms with E-state index in [9.17, 15) is 4.79 Å². The van der Waals surface area contributed by atoms with Crippen LogP contribution in [0.5, 0.6) is 0 Å². The Labute approximate surface area is 106 Å². The molecule has 0 aliphatic rings. The largest absolute Gasteiger partial charge is 0.396 e. The molecule has 0 fully saturated rings. The van der Waals surface area contributed by atoms with Crippen molar-refractivity contribution in [3.63, 3.8) is 0 Å². The van der Waals surface area contributed by atoms with Crippen LogP contribution in [0.15, 0.2) is 30.5 Å². The summed E-state index contributed by atoms with van der Waals surface area (Å²) in [5.41, 5.74) is 1.65. The van der Waals surface area contributed by atoms with Crippen LogP contribution in [0, 0.1) is 5.92 Å². The average Bonchev–Trinajstić information content (AvgIpc) is 2.84. The second-order valence-corrected chi connectivity index (χ2v) is 4.57. The molecule has 3 N–H and O–H groups in total. The Morgan fingerprint density at radius 3 is 3.06 bits per heavy atom. The third-order valence-corrected chi connectivity index (χ3v) is 3.07. The summed E-state index contributed by atoms with van der Waals surface area (Å²) in [6, 6.07) is 7.54. The lowest BCUT2D eigenvalue weighted by Gasteiger charge is -2.11. The Morgan fingerprint density at radius 1 is 1.44 bits per heavy atom. The van der Waals surface area contributed by atoms with Crippen molar-refractivity contribution in [1.82, 2.24) is 10.3 Å². The first-order valence-corrected chi connectivity index (χ1v) is 6.17. The van der Waals surface area contributed by atoms with Gasteiger partial charge in [-0.15, -0.1) is 0 Å². The van der Waals surface area contributed by atoms with Crippen LogP contribution >= 0.6 is 0 Å². The highest BCUT2D eigenvalue weighted by atomic mass is 16.3. The van der Waals surface area contributed by atoms with Gasteiger partial charge in [-0.05, 0) is 30.5 Å². The average molecular weight is 246 g/mol. The van der Waals surface area contributed by atoms with Gasteiger partial charge in [0.2, 0.25) is 0 Å². The molecule has 0 saturated heterocycles. The standard InChI is InChI=1S/C14H18N2O2/c1-10(6-8-17)9-16-14(18)12-3-2-4-13-11(12)5-7-15-13/h2-5,7,10,15,17H,6,8-9H2,1H3,(H,16,18). The molecule has 0 bridgehead atoms. The Hall–Kier alpha value is -1.81. The van der Waals surface area contributed by atoms with Crippen molar-refractivity contribution in [2.75, 3.05) is 13.2 Å². The Kier molecular flexibility index (Phi) is 3.99. The number of carbonyl (C=O) groups is 1. The number of aliphatic hydroxyl groups excluding tert-OH is 1. The zero-order valence-electron chi connectivity index (χ0n) is 10.4. The molecular formula is C14H18N2O2. The zero-order valence-corrected chi connectivity index (χ0v) is 10.4. The van der Waals surface area contributed by atoms with Crippen molar-refractivity contribution in [2.24, 2.45) is 5.92 Å². The van der Waals surface area contributed by atoms with E-state index in [2.05, 4.69) is 10.3 Å². The number of aromatic nitrogens is 1. The topological polar surface area (TPSA) is 65.1 Å². The van der Waals surface area contributed by atoms with E-state index in [4.69, 9.17) is 5.11 Å². The predicted molar refractivity (Wildman–Crippen MR) is 71.5 cm³/mol. The number of hydrogen-bond acceptors (Lipinski definition) is 2. The van der Waals surface area contributed by atoms with Crippen LogP contribution in [-0.2, 0) is 0 Å². The molecule has 0 radical (unpaired) electrons. The van der Waals surface area contributed by atoms with E-state index in [1.807, 2.05) is 37.4 Å². The first-order valence-electron chi connectivity index (χ1n) is 6.17. The fraction of sp³-hybridized carbons (Fsp3) is 0.357. The van der Waals surface area contributed by atoms with Gasteiger partial charge in [0.05, 0.1) is 0 Å². The fourth-order valence-electron chi connectivity index (χ4n) is 1.97. The number of benzene rings is 1. The molecule has 1 heterocycles. The highest BCUT2D eigenvalue weighted by Crippen LogP contribution is 2.17. The van der Waals surface area contributed by atoms with E-state index < -0.39 is 0 Å². The molecule has 4 nitrogen and oxygen atoms in total. The van der Waals surface area contributed by atoms with Gasteiger partial charge in [-0.3, -0.25) is 4.79 Å². The lowest BCUT2D eigenvalue weighted by atomic mass is 10.1. The maximum atomic E-state index is 12.1. The second kappa shape index (κ2) is 5.69. The van der Waals surface area contributed by atoms with Crippen LogP contribution in [0.25, 0.3) is 10.9 Å². The van der Waals surface area contributed by atoms with Gasteiger partial charge in [-0.25, -0.2) is 0 Å². The highest BCUT2D eigenvalue weighted by molar-refractivity contribution is 6.06. The van der Waals surface area contributed by atoms with E-state index in [0.717, 1.165) is 10.9 Å². The molecule has 96 valence electrons. The number of rotatable bonds is 5. The second-order valence-electron chi connectivity index (χ2n) is 4.57. The number of amides is 1. The molecule has 2 aromatic rings. The molecule has 0 spiro atoms. The van der Waals surface area contributed by atoms with Crippen LogP contribution in [0.2, 0.25) is 0 Å². The van der Waals surface area contributed by atoms with E-state index in [-0.39, 0.29) is 18.4 Å². The number of fused-ring (bicyclic) bond motifs is 1. The minimum Gasteiger partial charge on any atom is -0.396 e. The summed E-state index contributed by atoms with van der Waals surface area (Å²) in [7, 11) is 0. The number of aromatic amines is 1. The van der Waals surface area contributed by atoms with Crippen LogP contribution in [0.3, 0.4) is 0 Å². The number of nitrogens with one attached hydrogen (secondary N) is 2. The van der Waals surface area contributed by atoms with Crippen molar-refractivity contribution in [1.29, 1.82) is 0 Å². The first kappa shape index (κ1) is 12.6. The summed E-state index contributed by atoms with van der Waals surface area (Å²) in [5.74, 6) is 0.217. The Morgan fingerprint density at radius 2 is 2.28 bits per heavy atom. The molecule has 1 aromatic heterocycles. The number of hydrogen-bond donors (Lipinski definition) is 3. The molecule has 0 saturated carbocycles. The van der Waals surface area contributed by atoms with Crippen LogP contribution < -0.4 is 5.32 Å². The van der Waals surface area contributed by atoms with Crippen molar-refractivity contribution in [3.8, 4) is 0 Å². The Bertz CT molecular complexity index is 533. The van der Waals surface area contributed by atoms with Crippen LogP contribution in [0.1, 0.15) is 23.7 Å². The molecule has 1 atom stereocenters. The van der Waals surface area contributed by atoms with Crippen molar-refractivity contribution in [3.05, 3.63) is 36.0 Å². The number of aliphatic hydroxyl groups is 1. The van der Waals surface area contributed by atoms with E-state index in [0.29, 0.717) is 18.5 Å². The molecule has 1 unspecified atom stereocenters. The lowest BCUT2D eigenvalue weighted by Crippen LogP contribution is -2.28. The predicted octanol–water partition coefficient (Wildman–Crippen LogP) is 1.92. The Balaban J connectivity index is 2.07. The minimum absolute atomic E-state index is 0.0648. The molecule has 4 heteroatoms. The third kappa shape index (κ3) is 2.71. The molecule has 1 amide bonds. The molecule has 0 aliphatic heterocycles. The minimum atomic E-state index is -0.0648. The third-order valence-electron chi connectivity index (χ3n) is 3.07. The fourth-order valence-corrected chi connectivity index (χ4v) is 1.97. The van der Waals surface area contributed by atoms with Gasteiger partial charge >= 0.3 is 0 Å². The quantitative estimate of drug-likeness (QED) is 0.754. The summed E-state index contributed by atoms with van der Waals surface area (Å²) in [5, 5.41) is 12.7. The van der Waals surface area contributed by atoms with E-state index in [1.54, 1.807) is 0 Å². The summed E-state index contributed by atoms with van der Waals surface area (Å²) in [6.07, 6.45) is 2.53. The first-order chi connectivity index (χ1) is 8.72. The number of H-pyrrole nitrogens is 1. The smallest absolute Gasteiger partial charge is 0.251 e. The normalized spacial score (nSPS) is 12.6. The molecular weight excluding hydrogens is 228 g/mol. The van der Waals surface area contributed by atoms with E-state index >= 15 is 0 Å². The van der Waals surface area contributed by atoms with Gasteiger partial charge < -0.3 is 15.4 Å². The van der Waals surface area contributed by atoms with Gasteiger partial charge in [0.15, 0.2) is 0 Å². The zero-order chi connectivity index (χ0) is 13.0.